The number of carbonyl (C=O) groups is 1. The Balaban J connectivity index is 2.44. The first-order valence-corrected chi connectivity index (χ1v) is 4.70. The van der Waals surface area contributed by atoms with E-state index in [0.717, 1.165) is 18.3 Å². The van der Waals surface area contributed by atoms with Crippen LogP contribution in [0.1, 0.15) is 11.1 Å². The molecule has 1 aliphatic carbocycles. The van der Waals surface area contributed by atoms with Crippen LogP contribution in [0.25, 0.3) is 6.08 Å². The van der Waals surface area contributed by atoms with Crippen LogP contribution in [0.15, 0.2) is 29.8 Å². The quantitative estimate of drug-likeness (QED) is 0.713. The van der Waals surface area contributed by atoms with Gasteiger partial charge in [-0.3, -0.25) is 4.79 Å². The molecule has 1 aromatic rings. The van der Waals surface area contributed by atoms with Gasteiger partial charge in [0.15, 0.2) is 0 Å². The number of rotatable bonds is 2. The zero-order chi connectivity index (χ0) is 9.97. The molecule has 2 heteroatoms. The van der Waals surface area contributed by atoms with Crippen LogP contribution >= 0.6 is 0 Å². The van der Waals surface area contributed by atoms with E-state index in [4.69, 9.17) is 5.11 Å². The molecular weight excluding hydrogens is 176 g/mol. The standard InChI is InChI=1S/C12H12O2/c13-7-11-5-9-3-1-2-4-10(9)6-12(11)8-14/h1-5,7,12,14H,6,8H2. The second-order valence-electron chi connectivity index (χ2n) is 3.54. The van der Waals surface area contributed by atoms with Gasteiger partial charge in [0, 0.05) is 5.92 Å². The first kappa shape index (κ1) is 9.16. The van der Waals surface area contributed by atoms with Gasteiger partial charge in [0.25, 0.3) is 0 Å². The summed E-state index contributed by atoms with van der Waals surface area (Å²) in [4.78, 5) is 10.8. The number of benzene rings is 1. The van der Waals surface area contributed by atoms with E-state index in [9.17, 15) is 4.79 Å². The van der Waals surface area contributed by atoms with Crippen molar-refractivity contribution in [3.63, 3.8) is 0 Å². The Bertz CT molecular complexity index is 380. The van der Waals surface area contributed by atoms with Crippen molar-refractivity contribution in [2.75, 3.05) is 6.61 Å². The number of hydrogen-bond donors (Lipinski definition) is 1. The average molecular weight is 188 g/mol. The molecule has 1 unspecified atom stereocenters. The molecular formula is C12H12O2. The van der Waals surface area contributed by atoms with Gasteiger partial charge < -0.3 is 5.11 Å². The number of aldehydes is 1. The molecule has 0 aromatic heterocycles. The van der Waals surface area contributed by atoms with E-state index in [1.54, 1.807) is 0 Å². The first-order chi connectivity index (χ1) is 6.85. The maximum atomic E-state index is 10.8. The number of fused-ring (bicyclic) bond motifs is 1. The number of aliphatic hydroxyl groups is 1. The minimum Gasteiger partial charge on any atom is -0.396 e. The molecule has 0 aliphatic heterocycles. The van der Waals surface area contributed by atoms with Crippen molar-refractivity contribution in [2.45, 2.75) is 6.42 Å². The summed E-state index contributed by atoms with van der Waals surface area (Å²) >= 11 is 0. The van der Waals surface area contributed by atoms with E-state index in [1.807, 2.05) is 30.3 Å². The van der Waals surface area contributed by atoms with Gasteiger partial charge in [-0.15, -0.1) is 0 Å². The minimum atomic E-state index is -0.0256. The minimum absolute atomic E-state index is 0.0256. The molecule has 14 heavy (non-hydrogen) atoms. The fourth-order valence-corrected chi connectivity index (χ4v) is 1.84. The van der Waals surface area contributed by atoms with Gasteiger partial charge in [0.05, 0.1) is 6.61 Å². The molecule has 72 valence electrons. The van der Waals surface area contributed by atoms with Crippen LogP contribution in [0.5, 0.6) is 0 Å². The van der Waals surface area contributed by atoms with Gasteiger partial charge >= 0.3 is 0 Å². The van der Waals surface area contributed by atoms with E-state index in [-0.39, 0.29) is 12.5 Å². The molecule has 2 nitrogen and oxygen atoms in total. The van der Waals surface area contributed by atoms with Crippen LogP contribution in [0.4, 0.5) is 0 Å². The summed E-state index contributed by atoms with van der Waals surface area (Å²) in [5.74, 6) is -0.0256. The predicted octanol–water partition coefficient (Wildman–Crippen LogP) is 1.43. The fourth-order valence-electron chi connectivity index (χ4n) is 1.84. The molecule has 0 spiro atoms. The van der Waals surface area contributed by atoms with Gasteiger partial charge in [-0.2, -0.15) is 0 Å². The topological polar surface area (TPSA) is 37.3 Å². The highest BCUT2D eigenvalue weighted by atomic mass is 16.3. The largest absolute Gasteiger partial charge is 0.396 e. The summed E-state index contributed by atoms with van der Waals surface area (Å²) in [6, 6.07) is 7.96. The van der Waals surface area contributed by atoms with Crippen LogP contribution in [0, 0.1) is 5.92 Å². The number of aliphatic hydroxyl groups excluding tert-OH is 1. The van der Waals surface area contributed by atoms with Crippen molar-refractivity contribution in [1.82, 2.24) is 0 Å². The molecule has 0 fully saturated rings. The lowest BCUT2D eigenvalue weighted by atomic mass is 9.84. The van der Waals surface area contributed by atoms with Crippen LogP contribution < -0.4 is 0 Å². The Morgan fingerprint density at radius 2 is 2.21 bits per heavy atom. The second kappa shape index (κ2) is 3.76. The van der Waals surface area contributed by atoms with Crippen LogP contribution in [-0.4, -0.2) is 18.0 Å². The summed E-state index contributed by atoms with van der Waals surface area (Å²) in [5.41, 5.74) is 3.00. The third kappa shape index (κ3) is 1.49. The zero-order valence-corrected chi connectivity index (χ0v) is 7.81. The smallest absolute Gasteiger partial charge is 0.146 e. The Morgan fingerprint density at radius 1 is 1.43 bits per heavy atom. The maximum absolute atomic E-state index is 10.8. The highest BCUT2D eigenvalue weighted by Gasteiger charge is 2.19. The molecule has 0 bridgehead atoms. The monoisotopic (exact) mass is 188 g/mol. The van der Waals surface area contributed by atoms with E-state index in [1.165, 1.54) is 5.56 Å². The first-order valence-electron chi connectivity index (χ1n) is 4.70. The van der Waals surface area contributed by atoms with Gasteiger partial charge in [-0.05, 0) is 29.2 Å². The third-order valence-electron chi connectivity index (χ3n) is 2.67. The number of carbonyl (C=O) groups excluding carboxylic acids is 1. The fraction of sp³-hybridized carbons (Fsp3) is 0.250. The summed E-state index contributed by atoms with van der Waals surface area (Å²) in [7, 11) is 0. The van der Waals surface area contributed by atoms with Crippen molar-refractivity contribution < 1.29 is 9.90 Å². The van der Waals surface area contributed by atoms with E-state index in [0.29, 0.717) is 5.57 Å². The molecule has 0 amide bonds. The molecule has 2 rings (SSSR count). The second-order valence-corrected chi connectivity index (χ2v) is 3.54. The Labute approximate surface area is 82.9 Å². The zero-order valence-electron chi connectivity index (χ0n) is 7.81. The molecule has 0 radical (unpaired) electrons. The molecule has 0 heterocycles. The highest BCUT2D eigenvalue weighted by Crippen LogP contribution is 2.26. The summed E-state index contributed by atoms with van der Waals surface area (Å²) in [6.07, 6.45) is 3.47. The van der Waals surface area contributed by atoms with E-state index >= 15 is 0 Å². The van der Waals surface area contributed by atoms with Crippen LogP contribution in [0.3, 0.4) is 0 Å². The molecule has 1 aliphatic rings. The molecule has 0 saturated carbocycles. The average Bonchev–Trinajstić information content (AvgIpc) is 2.27. The van der Waals surface area contributed by atoms with Crippen molar-refractivity contribution in [1.29, 1.82) is 0 Å². The lowest BCUT2D eigenvalue weighted by molar-refractivity contribution is -0.105. The lowest BCUT2D eigenvalue weighted by Gasteiger charge is -2.20. The predicted molar refractivity (Wildman–Crippen MR) is 54.8 cm³/mol. The SMILES string of the molecule is O=CC1=Cc2ccccc2CC1CO. The van der Waals surface area contributed by atoms with Crippen LogP contribution in [-0.2, 0) is 11.2 Å². The van der Waals surface area contributed by atoms with Crippen LogP contribution in [0.2, 0.25) is 0 Å². The van der Waals surface area contributed by atoms with Gasteiger partial charge in [-0.25, -0.2) is 0 Å². The van der Waals surface area contributed by atoms with Crippen molar-refractivity contribution in [2.24, 2.45) is 5.92 Å². The van der Waals surface area contributed by atoms with E-state index < -0.39 is 0 Å². The Kier molecular flexibility index (Phi) is 2.46. The van der Waals surface area contributed by atoms with Crippen molar-refractivity contribution in [3.8, 4) is 0 Å². The van der Waals surface area contributed by atoms with Gasteiger partial charge in [-0.1, -0.05) is 24.3 Å². The summed E-state index contributed by atoms with van der Waals surface area (Å²) < 4.78 is 0. The Morgan fingerprint density at radius 3 is 2.93 bits per heavy atom. The van der Waals surface area contributed by atoms with Gasteiger partial charge in [0.2, 0.25) is 0 Å². The molecule has 1 atom stereocenters. The molecule has 1 aromatic carbocycles. The highest BCUT2D eigenvalue weighted by molar-refractivity contribution is 5.84. The number of hydrogen-bond acceptors (Lipinski definition) is 2. The maximum Gasteiger partial charge on any atom is 0.146 e. The van der Waals surface area contributed by atoms with Crippen molar-refractivity contribution >= 4 is 12.4 Å². The van der Waals surface area contributed by atoms with Crippen molar-refractivity contribution in [3.05, 3.63) is 41.0 Å². The third-order valence-corrected chi connectivity index (χ3v) is 2.67. The Hall–Kier alpha value is -1.41. The molecule has 0 saturated heterocycles. The summed E-state index contributed by atoms with van der Waals surface area (Å²) in [5, 5.41) is 9.12. The van der Waals surface area contributed by atoms with E-state index in [2.05, 4.69) is 0 Å². The van der Waals surface area contributed by atoms with Gasteiger partial charge in [0.1, 0.15) is 6.29 Å². The summed E-state index contributed by atoms with van der Waals surface area (Å²) in [6.45, 7) is 0.0406. The molecule has 1 N–H and O–H groups in total. The normalized spacial score (nSPS) is 19.8. The lowest BCUT2D eigenvalue weighted by Crippen LogP contribution is -2.17.